The molecule has 3 aromatic heterocycles. The predicted octanol–water partition coefficient (Wildman–Crippen LogP) is 4.29. The Morgan fingerprint density at radius 2 is 2.04 bits per heavy atom. The summed E-state index contributed by atoms with van der Waals surface area (Å²) in [5.74, 6) is -0.260. The van der Waals surface area contributed by atoms with Crippen LogP contribution in [0.4, 0.5) is 5.69 Å². The minimum Gasteiger partial charge on any atom is -0.346 e. The van der Waals surface area contributed by atoms with Gasteiger partial charge in [0.1, 0.15) is 17.4 Å². The van der Waals surface area contributed by atoms with Crippen molar-refractivity contribution in [3.63, 3.8) is 0 Å². The van der Waals surface area contributed by atoms with Crippen molar-refractivity contribution in [3.05, 3.63) is 79.4 Å². The Morgan fingerprint density at radius 3 is 2.86 bits per heavy atom. The van der Waals surface area contributed by atoms with Crippen LogP contribution < -0.4 is 5.32 Å². The zero-order chi connectivity index (χ0) is 19.5. The summed E-state index contributed by atoms with van der Waals surface area (Å²) in [5, 5.41) is 12.8. The lowest BCUT2D eigenvalue weighted by Crippen LogP contribution is -2.06. The Labute approximate surface area is 161 Å². The van der Waals surface area contributed by atoms with Crippen LogP contribution in [-0.2, 0) is 4.79 Å². The number of carbonyl (C=O) groups is 1. The van der Waals surface area contributed by atoms with Gasteiger partial charge in [-0.15, -0.1) is 0 Å². The number of fused-ring (bicyclic) bond motifs is 1. The van der Waals surface area contributed by atoms with E-state index in [2.05, 4.69) is 32.9 Å². The quantitative estimate of drug-likeness (QED) is 0.528. The SMILES string of the molecule is C=CC(=O)Nc1cccc(-c2cnc3[nH]cc(-c4ccnc(C#N)c4)c3c2)c1. The number of hydrogen-bond acceptors (Lipinski definition) is 4. The van der Waals surface area contributed by atoms with Crippen LogP contribution in [0.3, 0.4) is 0 Å². The summed E-state index contributed by atoms with van der Waals surface area (Å²) in [6.45, 7) is 3.47. The van der Waals surface area contributed by atoms with Gasteiger partial charge in [0.15, 0.2) is 0 Å². The van der Waals surface area contributed by atoms with E-state index in [-0.39, 0.29) is 5.91 Å². The molecule has 1 amide bonds. The van der Waals surface area contributed by atoms with Gasteiger partial charge in [0, 0.05) is 40.8 Å². The summed E-state index contributed by atoms with van der Waals surface area (Å²) in [6.07, 6.45) is 6.51. The van der Waals surface area contributed by atoms with Crippen LogP contribution in [0.25, 0.3) is 33.3 Å². The highest BCUT2D eigenvalue weighted by molar-refractivity contribution is 5.99. The largest absolute Gasteiger partial charge is 0.346 e. The fraction of sp³-hybridized carbons (Fsp3) is 0. The summed E-state index contributed by atoms with van der Waals surface area (Å²) in [5.41, 5.74) is 5.48. The standard InChI is InChI=1S/C22H15N5O/c1-2-21(28)27-17-5-3-4-14(8-17)16-10-19-20(13-26-22(19)25-12-16)15-6-7-24-18(9-15)11-23/h2-10,12-13H,1H2,(H,25,26)(H,27,28). The first kappa shape index (κ1) is 17.2. The number of benzene rings is 1. The Balaban J connectivity index is 1.78. The van der Waals surface area contributed by atoms with Gasteiger partial charge in [0.25, 0.3) is 0 Å². The van der Waals surface area contributed by atoms with Crippen LogP contribution in [0.5, 0.6) is 0 Å². The molecule has 0 fully saturated rings. The molecule has 0 aliphatic rings. The van der Waals surface area contributed by atoms with E-state index in [4.69, 9.17) is 5.26 Å². The highest BCUT2D eigenvalue weighted by Crippen LogP contribution is 2.31. The third-order valence-electron chi connectivity index (χ3n) is 4.37. The summed E-state index contributed by atoms with van der Waals surface area (Å²) in [6, 6.07) is 15.2. The number of amides is 1. The zero-order valence-electron chi connectivity index (χ0n) is 14.8. The number of nitriles is 1. The first-order valence-electron chi connectivity index (χ1n) is 8.55. The second-order valence-corrected chi connectivity index (χ2v) is 6.14. The Hall–Kier alpha value is -4.24. The average Bonchev–Trinajstić information content (AvgIpc) is 3.17. The monoisotopic (exact) mass is 365 g/mol. The summed E-state index contributed by atoms with van der Waals surface area (Å²) in [4.78, 5) is 23.3. The van der Waals surface area contributed by atoms with E-state index in [0.29, 0.717) is 11.4 Å². The van der Waals surface area contributed by atoms with Crippen molar-refractivity contribution in [1.82, 2.24) is 15.0 Å². The first-order chi connectivity index (χ1) is 13.7. The van der Waals surface area contributed by atoms with Crippen LogP contribution in [0, 0.1) is 11.3 Å². The molecule has 4 rings (SSSR count). The van der Waals surface area contributed by atoms with Gasteiger partial charge < -0.3 is 10.3 Å². The third-order valence-corrected chi connectivity index (χ3v) is 4.37. The summed E-state index contributed by atoms with van der Waals surface area (Å²) >= 11 is 0. The zero-order valence-corrected chi connectivity index (χ0v) is 14.8. The molecule has 1 aromatic carbocycles. The number of nitrogens with one attached hydrogen (secondary N) is 2. The van der Waals surface area contributed by atoms with Crippen molar-refractivity contribution in [2.45, 2.75) is 0 Å². The van der Waals surface area contributed by atoms with Gasteiger partial charge in [0.05, 0.1) is 0 Å². The average molecular weight is 365 g/mol. The number of rotatable bonds is 4. The minimum absolute atomic E-state index is 0.260. The summed E-state index contributed by atoms with van der Waals surface area (Å²) in [7, 11) is 0. The van der Waals surface area contributed by atoms with Gasteiger partial charge in [-0.1, -0.05) is 18.7 Å². The number of carbonyl (C=O) groups excluding carboxylic acids is 1. The Bertz CT molecular complexity index is 1250. The normalized spacial score (nSPS) is 10.4. The van der Waals surface area contributed by atoms with Gasteiger partial charge in [-0.25, -0.2) is 9.97 Å². The fourth-order valence-electron chi connectivity index (χ4n) is 3.03. The molecule has 0 saturated carbocycles. The number of nitrogens with zero attached hydrogens (tertiary/aromatic N) is 3. The molecule has 0 bridgehead atoms. The fourth-order valence-corrected chi connectivity index (χ4v) is 3.03. The van der Waals surface area contributed by atoms with E-state index in [0.717, 1.165) is 33.3 Å². The van der Waals surface area contributed by atoms with Crippen LogP contribution in [0.1, 0.15) is 5.69 Å². The van der Waals surface area contributed by atoms with Crippen molar-refractivity contribution < 1.29 is 4.79 Å². The van der Waals surface area contributed by atoms with E-state index in [1.165, 1.54) is 6.08 Å². The van der Waals surface area contributed by atoms with Gasteiger partial charge in [-0.2, -0.15) is 5.26 Å². The molecule has 6 nitrogen and oxygen atoms in total. The molecule has 6 heteroatoms. The molecule has 0 aliphatic heterocycles. The van der Waals surface area contributed by atoms with Crippen molar-refractivity contribution >= 4 is 22.6 Å². The second-order valence-electron chi connectivity index (χ2n) is 6.14. The topological polar surface area (TPSA) is 94.5 Å². The van der Waals surface area contributed by atoms with Gasteiger partial charge >= 0.3 is 0 Å². The van der Waals surface area contributed by atoms with Crippen molar-refractivity contribution in [1.29, 1.82) is 5.26 Å². The number of aromatic amines is 1. The van der Waals surface area contributed by atoms with Crippen molar-refractivity contribution in [2.75, 3.05) is 5.32 Å². The van der Waals surface area contributed by atoms with E-state index < -0.39 is 0 Å². The smallest absolute Gasteiger partial charge is 0.247 e. The number of anilines is 1. The van der Waals surface area contributed by atoms with E-state index in [1.54, 1.807) is 18.5 Å². The minimum atomic E-state index is -0.260. The number of pyridine rings is 2. The third kappa shape index (κ3) is 3.24. The number of hydrogen-bond donors (Lipinski definition) is 2. The molecule has 0 aliphatic carbocycles. The molecular weight excluding hydrogens is 350 g/mol. The molecule has 0 radical (unpaired) electrons. The number of aromatic nitrogens is 3. The van der Waals surface area contributed by atoms with E-state index >= 15 is 0 Å². The number of H-pyrrole nitrogens is 1. The highest BCUT2D eigenvalue weighted by Gasteiger charge is 2.10. The lowest BCUT2D eigenvalue weighted by atomic mass is 10.0. The van der Waals surface area contributed by atoms with E-state index in [9.17, 15) is 4.79 Å². The maximum absolute atomic E-state index is 11.5. The predicted molar refractivity (Wildman–Crippen MR) is 108 cm³/mol. The molecule has 0 spiro atoms. The molecule has 28 heavy (non-hydrogen) atoms. The molecule has 4 aromatic rings. The van der Waals surface area contributed by atoms with Gasteiger partial charge in [-0.05, 0) is 47.5 Å². The lowest BCUT2D eigenvalue weighted by Gasteiger charge is -2.07. The molecule has 134 valence electrons. The lowest BCUT2D eigenvalue weighted by molar-refractivity contribution is -0.111. The van der Waals surface area contributed by atoms with Crippen LogP contribution in [0.2, 0.25) is 0 Å². The molecule has 0 saturated heterocycles. The Morgan fingerprint density at radius 1 is 1.14 bits per heavy atom. The Kier molecular flexibility index (Phi) is 4.40. The van der Waals surface area contributed by atoms with Gasteiger partial charge in [0.2, 0.25) is 5.91 Å². The molecule has 2 N–H and O–H groups in total. The highest BCUT2D eigenvalue weighted by atomic mass is 16.1. The van der Waals surface area contributed by atoms with Crippen LogP contribution in [-0.4, -0.2) is 20.9 Å². The summed E-state index contributed by atoms with van der Waals surface area (Å²) < 4.78 is 0. The molecule has 0 atom stereocenters. The first-order valence-corrected chi connectivity index (χ1v) is 8.55. The van der Waals surface area contributed by atoms with Crippen LogP contribution in [0.15, 0.2) is 73.7 Å². The van der Waals surface area contributed by atoms with Gasteiger partial charge in [-0.3, -0.25) is 4.79 Å². The van der Waals surface area contributed by atoms with Crippen LogP contribution >= 0.6 is 0 Å². The van der Waals surface area contributed by atoms with Crippen molar-refractivity contribution in [2.24, 2.45) is 0 Å². The van der Waals surface area contributed by atoms with Crippen molar-refractivity contribution in [3.8, 4) is 28.3 Å². The second kappa shape index (κ2) is 7.17. The maximum atomic E-state index is 11.5. The molecule has 3 heterocycles. The maximum Gasteiger partial charge on any atom is 0.247 e. The van der Waals surface area contributed by atoms with E-state index in [1.807, 2.05) is 42.6 Å². The molecular formula is C22H15N5O. The molecule has 0 unspecified atom stereocenters.